The molecule has 0 aromatic carbocycles. The highest BCUT2D eigenvalue weighted by Crippen LogP contribution is 2.12. The fraction of sp³-hybridized carbons (Fsp3) is 0.818. The van der Waals surface area contributed by atoms with Crippen molar-refractivity contribution in [2.24, 2.45) is 0 Å². The highest BCUT2D eigenvalue weighted by molar-refractivity contribution is 4.92. The average Bonchev–Trinajstić information content (AvgIpc) is 1.81. The molecule has 0 aliphatic carbocycles. The zero-order valence-electron chi connectivity index (χ0n) is 9.42. The van der Waals surface area contributed by atoms with Crippen molar-refractivity contribution in [2.45, 2.75) is 52.7 Å². The van der Waals surface area contributed by atoms with Gasteiger partial charge in [0.25, 0.3) is 0 Å². The fourth-order valence-electron chi connectivity index (χ4n) is 1.14. The van der Waals surface area contributed by atoms with Gasteiger partial charge in [0.05, 0.1) is 18.3 Å². The lowest BCUT2D eigenvalue weighted by Crippen LogP contribution is -2.26. The van der Waals surface area contributed by atoms with Gasteiger partial charge in [0.15, 0.2) is 0 Å². The van der Waals surface area contributed by atoms with Crippen molar-refractivity contribution < 1.29 is 9.84 Å². The Hall–Kier alpha value is -0.340. The smallest absolute Gasteiger partial charge is 0.0653 e. The minimum atomic E-state index is -0.635. The summed E-state index contributed by atoms with van der Waals surface area (Å²) in [5.74, 6) is 0. The van der Waals surface area contributed by atoms with Gasteiger partial charge in [0, 0.05) is 6.42 Å². The van der Waals surface area contributed by atoms with E-state index in [9.17, 15) is 5.11 Å². The average molecular weight is 186 g/mol. The molecule has 0 heterocycles. The molecule has 0 rings (SSSR count). The van der Waals surface area contributed by atoms with Crippen molar-refractivity contribution in [1.29, 1.82) is 0 Å². The summed E-state index contributed by atoms with van der Waals surface area (Å²) in [5.41, 5.74) is 0.625. The van der Waals surface area contributed by atoms with Gasteiger partial charge >= 0.3 is 0 Å². The molecule has 2 heteroatoms. The Labute approximate surface area is 81.6 Å². The Morgan fingerprint density at radius 3 is 2.38 bits per heavy atom. The van der Waals surface area contributed by atoms with Crippen LogP contribution in [0.25, 0.3) is 0 Å². The molecule has 0 aromatic rings. The van der Waals surface area contributed by atoms with E-state index in [1.165, 1.54) is 5.57 Å². The molecule has 2 nitrogen and oxygen atoms in total. The number of ether oxygens (including phenoxy) is 1. The van der Waals surface area contributed by atoms with Crippen LogP contribution in [0.2, 0.25) is 0 Å². The number of allylic oxidation sites excluding steroid dienone is 1. The molecule has 13 heavy (non-hydrogen) atoms. The maximum Gasteiger partial charge on any atom is 0.0653 e. The van der Waals surface area contributed by atoms with Crippen LogP contribution in [-0.2, 0) is 4.74 Å². The van der Waals surface area contributed by atoms with E-state index in [4.69, 9.17) is 4.74 Å². The van der Waals surface area contributed by atoms with E-state index < -0.39 is 5.60 Å². The molecule has 1 atom stereocenters. The predicted octanol–water partition coefficient (Wildman–Crippen LogP) is 2.52. The fourth-order valence-corrected chi connectivity index (χ4v) is 1.14. The van der Waals surface area contributed by atoms with E-state index in [2.05, 4.69) is 0 Å². The van der Waals surface area contributed by atoms with Crippen LogP contribution >= 0.6 is 0 Å². The highest BCUT2D eigenvalue weighted by atomic mass is 16.5. The van der Waals surface area contributed by atoms with Crippen molar-refractivity contribution in [1.82, 2.24) is 0 Å². The normalized spacial score (nSPS) is 14.0. The van der Waals surface area contributed by atoms with Gasteiger partial charge in [-0.15, -0.1) is 0 Å². The minimum absolute atomic E-state index is 0.107. The quantitative estimate of drug-likeness (QED) is 0.668. The second-order valence-electron chi connectivity index (χ2n) is 4.44. The Bertz CT molecular complexity index is 161. The van der Waals surface area contributed by atoms with Crippen LogP contribution in [0.5, 0.6) is 0 Å². The standard InChI is InChI=1S/C11H22O2/c1-9(2)6-7-13-10(3)8-11(4,5)12/h6,10,12H,7-8H2,1-5H3/t10-/m1/s1. The van der Waals surface area contributed by atoms with Crippen LogP contribution in [0.4, 0.5) is 0 Å². The zero-order valence-corrected chi connectivity index (χ0v) is 9.42. The Kier molecular flexibility index (Phi) is 5.26. The van der Waals surface area contributed by atoms with Crippen LogP contribution in [0, 0.1) is 0 Å². The Balaban J connectivity index is 3.64. The first kappa shape index (κ1) is 12.7. The maximum absolute atomic E-state index is 9.50. The summed E-state index contributed by atoms with van der Waals surface area (Å²) < 4.78 is 5.49. The van der Waals surface area contributed by atoms with Gasteiger partial charge in [-0.05, 0) is 34.6 Å². The molecule has 0 aliphatic rings. The molecular formula is C11H22O2. The molecule has 1 N–H and O–H groups in total. The summed E-state index contributed by atoms with van der Waals surface area (Å²) in [7, 11) is 0. The monoisotopic (exact) mass is 186 g/mol. The third-order valence-corrected chi connectivity index (χ3v) is 1.66. The lowest BCUT2D eigenvalue weighted by Gasteiger charge is -2.21. The SMILES string of the molecule is CC(C)=CCO[C@H](C)CC(C)(C)O. The van der Waals surface area contributed by atoms with Gasteiger partial charge < -0.3 is 9.84 Å². The predicted molar refractivity (Wildman–Crippen MR) is 55.8 cm³/mol. The van der Waals surface area contributed by atoms with E-state index in [1.807, 2.05) is 26.8 Å². The topological polar surface area (TPSA) is 29.5 Å². The van der Waals surface area contributed by atoms with Crippen molar-refractivity contribution in [3.63, 3.8) is 0 Å². The summed E-state index contributed by atoms with van der Waals surface area (Å²) in [6, 6.07) is 0. The van der Waals surface area contributed by atoms with Gasteiger partial charge in [-0.3, -0.25) is 0 Å². The lowest BCUT2D eigenvalue weighted by atomic mass is 10.0. The van der Waals surface area contributed by atoms with Gasteiger partial charge in [-0.25, -0.2) is 0 Å². The van der Waals surface area contributed by atoms with Crippen LogP contribution in [0.3, 0.4) is 0 Å². The molecule has 0 saturated carbocycles. The molecule has 0 fully saturated rings. The second kappa shape index (κ2) is 5.40. The van der Waals surface area contributed by atoms with Gasteiger partial charge in [0.2, 0.25) is 0 Å². The van der Waals surface area contributed by atoms with E-state index in [0.717, 1.165) is 0 Å². The molecule has 0 unspecified atom stereocenters. The van der Waals surface area contributed by atoms with Crippen LogP contribution < -0.4 is 0 Å². The first-order chi connectivity index (χ1) is 5.81. The largest absolute Gasteiger partial charge is 0.390 e. The second-order valence-corrected chi connectivity index (χ2v) is 4.44. The van der Waals surface area contributed by atoms with E-state index in [0.29, 0.717) is 13.0 Å². The van der Waals surface area contributed by atoms with Crippen LogP contribution in [0.15, 0.2) is 11.6 Å². The number of aliphatic hydroxyl groups is 1. The minimum Gasteiger partial charge on any atom is -0.390 e. The summed E-state index contributed by atoms with van der Waals surface area (Å²) in [5, 5.41) is 9.50. The summed E-state index contributed by atoms with van der Waals surface area (Å²) in [4.78, 5) is 0. The van der Waals surface area contributed by atoms with E-state index in [-0.39, 0.29) is 6.10 Å². The molecule has 78 valence electrons. The summed E-state index contributed by atoms with van der Waals surface area (Å²) in [6.45, 7) is 10.3. The first-order valence-electron chi connectivity index (χ1n) is 4.78. The third kappa shape index (κ3) is 9.57. The number of hydrogen-bond donors (Lipinski definition) is 1. The Morgan fingerprint density at radius 1 is 1.46 bits per heavy atom. The highest BCUT2D eigenvalue weighted by Gasteiger charge is 2.16. The molecule has 0 radical (unpaired) electrons. The first-order valence-corrected chi connectivity index (χ1v) is 4.78. The Morgan fingerprint density at radius 2 is 2.00 bits per heavy atom. The third-order valence-electron chi connectivity index (χ3n) is 1.66. The molecule has 0 aliphatic heterocycles. The maximum atomic E-state index is 9.50. The molecule has 0 bridgehead atoms. The molecule has 0 saturated heterocycles. The summed E-state index contributed by atoms with van der Waals surface area (Å²) >= 11 is 0. The number of rotatable bonds is 5. The van der Waals surface area contributed by atoms with Gasteiger partial charge in [-0.1, -0.05) is 11.6 Å². The van der Waals surface area contributed by atoms with E-state index in [1.54, 1.807) is 13.8 Å². The van der Waals surface area contributed by atoms with Crippen molar-refractivity contribution in [3.8, 4) is 0 Å². The van der Waals surface area contributed by atoms with Crippen molar-refractivity contribution in [3.05, 3.63) is 11.6 Å². The lowest BCUT2D eigenvalue weighted by molar-refractivity contribution is -0.00371. The molecule has 0 spiro atoms. The van der Waals surface area contributed by atoms with Crippen molar-refractivity contribution in [2.75, 3.05) is 6.61 Å². The molecular weight excluding hydrogens is 164 g/mol. The van der Waals surface area contributed by atoms with Crippen LogP contribution in [-0.4, -0.2) is 23.4 Å². The summed E-state index contributed by atoms with van der Waals surface area (Å²) in [6.07, 6.45) is 2.82. The van der Waals surface area contributed by atoms with Crippen molar-refractivity contribution >= 4 is 0 Å². The molecule has 0 amide bonds. The van der Waals surface area contributed by atoms with Gasteiger partial charge in [0.1, 0.15) is 0 Å². The zero-order chi connectivity index (χ0) is 10.5. The van der Waals surface area contributed by atoms with E-state index >= 15 is 0 Å². The molecule has 0 aromatic heterocycles. The van der Waals surface area contributed by atoms with Gasteiger partial charge in [-0.2, -0.15) is 0 Å². The number of hydrogen-bond acceptors (Lipinski definition) is 2. The van der Waals surface area contributed by atoms with Crippen LogP contribution in [0.1, 0.15) is 41.0 Å².